The molecule has 1 atom stereocenters. The third-order valence-corrected chi connectivity index (χ3v) is 3.21. The molecule has 1 aromatic rings. The van der Waals surface area contributed by atoms with Crippen LogP contribution in [0.1, 0.15) is 17.5 Å². The van der Waals surface area contributed by atoms with E-state index in [1.165, 1.54) is 11.1 Å². The molecule has 0 aromatic heterocycles. The summed E-state index contributed by atoms with van der Waals surface area (Å²) in [4.78, 5) is 0. The Kier molecular flexibility index (Phi) is 3.12. The molecule has 0 bridgehead atoms. The fourth-order valence-electron chi connectivity index (χ4n) is 2.27. The zero-order chi connectivity index (χ0) is 12.3. The molecule has 1 unspecified atom stereocenters. The number of hydrogen-bond donors (Lipinski definition) is 1. The Morgan fingerprint density at radius 3 is 2.47 bits per heavy atom. The van der Waals surface area contributed by atoms with Crippen molar-refractivity contribution in [2.24, 2.45) is 5.92 Å². The summed E-state index contributed by atoms with van der Waals surface area (Å²) in [5.74, 6) is -0.149. The lowest BCUT2D eigenvalue weighted by Crippen LogP contribution is -2.17. The number of aliphatic hydroxyl groups is 1. The van der Waals surface area contributed by atoms with E-state index in [-0.39, 0.29) is 17.3 Å². The van der Waals surface area contributed by atoms with Crippen molar-refractivity contribution in [2.75, 3.05) is 0 Å². The van der Waals surface area contributed by atoms with E-state index in [9.17, 15) is 5.11 Å². The molecule has 0 aliphatic heterocycles. The molecule has 1 aliphatic carbocycles. The second kappa shape index (κ2) is 4.72. The van der Waals surface area contributed by atoms with Gasteiger partial charge in [-0.25, -0.2) is 0 Å². The van der Waals surface area contributed by atoms with E-state index in [0.717, 1.165) is 12.8 Å². The molecule has 0 heterocycles. The topological polar surface area (TPSA) is 67.8 Å². The second-order valence-corrected chi connectivity index (χ2v) is 4.19. The summed E-state index contributed by atoms with van der Waals surface area (Å²) in [6, 6.07) is 11.6. The predicted octanol–water partition coefficient (Wildman–Crippen LogP) is 2.65. The largest absolute Gasteiger partial charge is 0.510 e. The lowest BCUT2D eigenvalue weighted by molar-refractivity contribution is 0.308. The van der Waals surface area contributed by atoms with E-state index in [0.29, 0.717) is 6.42 Å². The first-order chi connectivity index (χ1) is 8.26. The Labute approximate surface area is 100 Å². The highest BCUT2D eigenvalue weighted by atomic mass is 16.3. The van der Waals surface area contributed by atoms with Crippen LogP contribution >= 0.6 is 0 Å². The highest BCUT2D eigenvalue weighted by Gasteiger charge is 2.23. The van der Waals surface area contributed by atoms with Crippen LogP contribution in [0.5, 0.6) is 0 Å². The summed E-state index contributed by atoms with van der Waals surface area (Å²) < 4.78 is 0. The minimum Gasteiger partial charge on any atom is -0.510 e. The number of nitrogens with zero attached hydrogens (tertiary/aromatic N) is 2. The van der Waals surface area contributed by atoms with Gasteiger partial charge in [-0.15, -0.1) is 0 Å². The van der Waals surface area contributed by atoms with Gasteiger partial charge in [-0.1, -0.05) is 24.3 Å². The van der Waals surface area contributed by atoms with E-state index in [1.54, 1.807) is 12.1 Å². The van der Waals surface area contributed by atoms with Crippen molar-refractivity contribution in [3.8, 4) is 12.1 Å². The first-order valence-electron chi connectivity index (χ1n) is 5.56. The average Bonchev–Trinajstić information content (AvgIpc) is 2.39. The van der Waals surface area contributed by atoms with Crippen LogP contribution in [0, 0.1) is 28.6 Å². The molecule has 1 N–H and O–H groups in total. The van der Waals surface area contributed by atoms with Gasteiger partial charge in [0.1, 0.15) is 17.9 Å². The van der Waals surface area contributed by atoms with Gasteiger partial charge in [0.05, 0.1) is 0 Å². The number of allylic oxidation sites excluding steroid dienone is 2. The van der Waals surface area contributed by atoms with Crippen LogP contribution in [0.15, 0.2) is 35.6 Å². The fourth-order valence-corrected chi connectivity index (χ4v) is 2.27. The van der Waals surface area contributed by atoms with Crippen LogP contribution in [-0.2, 0) is 12.8 Å². The number of benzene rings is 1. The molecule has 1 aromatic carbocycles. The van der Waals surface area contributed by atoms with Crippen molar-refractivity contribution in [1.29, 1.82) is 10.5 Å². The molecule has 0 radical (unpaired) electrons. The number of aliphatic hydroxyl groups excluding tert-OH is 1. The zero-order valence-corrected chi connectivity index (χ0v) is 9.35. The van der Waals surface area contributed by atoms with Crippen LogP contribution in [0.2, 0.25) is 0 Å². The van der Waals surface area contributed by atoms with Crippen molar-refractivity contribution in [3.63, 3.8) is 0 Å². The van der Waals surface area contributed by atoms with Gasteiger partial charge < -0.3 is 5.11 Å². The molecule has 0 saturated heterocycles. The van der Waals surface area contributed by atoms with Gasteiger partial charge in [-0.3, -0.25) is 0 Å². The van der Waals surface area contributed by atoms with E-state index < -0.39 is 0 Å². The van der Waals surface area contributed by atoms with Gasteiger partial charge >= 0.3 is 0 Å². The van der Waals surface area contributed by atoms with Gasteiger partial charge in [-0.05, 0) is 30.4 Å². The Morgan fingerprint density at radius 1 is 1.18 bits per heavy atom. The van der Waals surface area contributed by atoms with E-state index >= 15 is 0 Å². The third-order valence-electron chi connectivity index (χ3n) is 3.21. The molecule has 84 valence electrons. The van der Waals surface area contributed by atoms with Gasteiger partial charge in [0.15, 0.2) is 5.57 Å². The molecule has 0 amide bonds. The van der Waals surface area contributed by atoms with E-state index in [4.69, 9.17) is 10.5 Å². The molecule has 0 spiro atoms. The number of hydrogen-bond acceptors (Lipinski definition) is 3. The van der Waals surface area contributed by atoms with Crippen LogP contribution in [0.3, 0.4) is 0 Å². The zero-order valence-electron chi connectivity index (χ0n) is 9.35. The third kappa shape index (κ3) is 2.14. The quantitative estimate of drug-likeness (QED) is 0.589. The minimum absolute atomic E-state index is 0.0514. The Morgan fingerprint density at radius 2 is 1.82 bits per heavy atom. The van der Waals surface area contributed by atoms with Crippen molar-refractivity contribution in [2.45, 2.75) is 19.3 Å². The predicted molar refractivity (Wildman–Crippen MR) is 62.8 cm³/mol. The number of aryl methyl sites for hydroxylation is 1. The summed E-state index contributed by atoms with van der Waals surface area (Å²) in [5, 5.41) is 27.4. The maximum atomic E-state index is 9.89. The first kappa shape index (κ1) is 11.2. The Bertz CT molecular complexity index is 530. The summed E-state index contributed by atoms with van der Waals surface area (Å²) in [6.45, 7) is 0. The Hall–Kier alpha value is -2.26. The SMILES string of the molecule is N#CC(C#N)=C(O)C1CCc2ccccc2C1. The summed E-state index contributed by atoms with van der Waals surface area (Å²) in [7, 11) is 0. The smallest absolute Gasteiger partial charge is 0.167 e. The van der Waals surface area contributed by atoms with Crippen LogP contribution in [0.25, 0.3) is 0 Å². The monoisotopic (exact) mass is 224 g/mol. The summed E-state index contributed by atoms with van der Waals surface area (Å²) in [6.07, 6.45) is 2.37. The molecule has 0 saturated carbocycles. The molecule has 17 heavy (non-hydrogen) atoms. The van der Waals surface area contributed by atoms with Crippen molar-refractivity contribution < 1.29 is 5.11 Å². The lowest BCUT2D eigenvalue weighted by Gasteiger charge is -2.23. The molecule has 3 heteroatoms. The van der Waals surface area contributed by atoms with Gasteiger partial charge in [0.2, 0.25) is 0 Å². The van der Waals surface area contributed by atoms with Crippen LogP contribution < -0.4 is 0 Å². The molecule has 0 fully saturated rings. The van der Waals surface area contributed by atoms with Crippen LogP contribution in [0.4, 0.5) is 0 Å². The molecular weight excluding hydrogens is 212 g/mol. The Balaban J connectivity index is 2.28. The maximum absolute atomic E-state index is 9.89. The summed E-state index contributed by atoms with van der Waals surface area (Å²) >= 11 is 0. The highest BCUT2D eigenvalue weighted by molar-refractivity contribution is 5.40. The number of nitriles is 2. The van der Waals surface area contributed by atoms with E-state index in [1.807, 2.05) is 18.2 Å². The van der Waals surface area contributed by atoms with Gasteiger partial charge in [-0.2, -0.15) is 10.5 Å². The van der Waals surface area contributed by atoms with Gasteiger partial charge in [0.25, 0.3) is 0 Å². The summed E-state index contributed by atoms with van der Waals surface area (Å²) in [5.41, 5.74) is 2.34. The number of rotatable bonds is 1. The maximum Gasteiger partial charge on any atom is 0.167 e. The molecule has 2 rings (SSSR count). The minimum atomic E-state index is -0.158. The van der Waals surface area contributed by atoms with Crippen molar-refractivity contribution in [3.05, 3.63) is 46.7 Å². The molecule has 1 aliphatic rings. The number of fused-ring (bicyclic) bond motifs is 1. The average molecular weight is 224 g/mol. The second-order valence-electron chi connectivity index (χ2n) is 4.19. The van der Waals surface area contributed by atoms with Crippen molar-refractivity contribution >= 4 is 0 Å². The standard InChI is InChI=1S/C14H12N2O/c15-8-13(9-16)14(17)12-6-5-10-3-1-2-4-11(10)7-12/h1-4,12,17H,5-7H2. The van der Waals surface area contributed by atoms with Gasteiger partial charge in [0, 0.05) is 5.92 Å². The van der Waals surface area contributed by atoms with Crippen molar-refractivity contribution in [1.82, 2.24) is 0 Å². The normalized spacial score (nSPS) is 17.4. The molecule has 3 nitrogen and oxygen atoms in total. The first-order valence-corrected chi connectivity index (χ1v) is 5.56. The highest BCUT2D eigenvalue weighted by Crippen LogP contribution is 2.30. The van der Waals surface area contributed by atoms with Crippen LogP contribution in [-0.4, -0.2) is 5.11 Å². The van der Waals surface area contributed by atoms with E-state index in [2.05, 4.69) is 6.07 Å². The fraction of sp³-hybridized carbons (Fsp3) is 0.286. The molecular formula is C14H12N2O. The lowest BCUT2D eigenvalue weighted by atomic mass is 9.82.